The van der Waals surface area contributed by atoms with Gasteiger partial charge in [0.25, 0.3) is 0 Å². The summed E-state index contributed by atoms with van der Waals surface area (Å²) in [5.41, 5.74) is 1.44. The summed E-state index contributed by atoms with van der Waals surface area (Å²) in [4.78, 5) is 11.4. The summed E-state index contributed by atoms with van der Waals surface area (Å²) in [5.74, 6) is 1.18. The van der Waals surface area contributed by atoms with Crippen molar-refractivity contribution >= 4 is 21.7 Å². The Labute approximate surface area is 97.5 Å². The first-order chi connectivity index (χ1) is 7.02. The minimum atomic E-state index is -0.0501. The van der Waals surface area contributed by atoms with E-state index in [1.807, 2.05) is 6.92 Å². The molecule has 0 N–H and O–H groups in total. The number of hydrogen-bond donors (Lipinski definition) is 0. The van der Waals surface area contributed by atoms with Crippen molar-refractivity contribution in [3.63, 3.8) is 0 Å². The SMILES string of the molecule is COc1cc(C(C)=O)c(OC)c(Br)c1C. The third-order valence-electron chi connectivity index (χ3n) is 2.22. The molecular weight excluding hydrogens is 260 g/mol. The van der Waals surface area contributed by atoms with Gasteiger partial charge in [-0.1, -0.05) is 0 Å². The lowest BCUT2D eigenvalue weighted by Crippen LogP contribution is -2.01. The van der Waals surface area contributed by atoms with Crippen LogP contribution < -0.4 is 9.47 Å². The molecule has 82 valence electrons. The average molecular weight is 273 g/mol. The van der Waals surface area contributed by atoms with Crippen molar-refractivity contribution in [3.8, 4) is 11.5 Å². The summed E-state index contributed by atoms with van der Waals surface area (Å²) in [6.45, 7) is 3.40. The summed E-state index contributed by atoms with van der Waals surface area (Å²) in [7, 11) is 3.11. The number of carbonyl (C=O) groups is 1. The molecule has 0 saturated heterocycles. The fourth-order valence-electron chi connectivity index (χ4n) is 1.37. The molecule has 0 atom stereocenters. The first-order valence-corrected chi connectivity index (χ1v) is 5.24. The molecule has 0 radical (unpaired) electrons. The highest BCUT2D eigenvalue weighted by molar-refractivity contribution is 9.10. The molecule has 3 nitrogen and oxygen atoms in total. The second kappa shape index (κ2) is 4.66. The molecule has 0 heterocycles. The van der Waals surface area contributed by atoms with Crippen LogP contribution in [-0.2, 0) is 0 Å². The first kappa shape index (κ1) is 12.0. The lowest BCUT2D eigenvalue weighted by Gasteiger charge is -2.13. The Morgan fingerprint density at radius 1 is 1.33 bits per heavy atom. The van der Waals surface area contributed by atoms with Gasteiger partial charge in [-0.3, -0.25) is 4.79 Å². The molecule has 0 saturated carbocycles. The Morgan fingerprint density at radius 3 is 2.33 bits per heavy atom. The van der Waals surface area contributed by atoms with E-state index in [-0.39, 0.29) is 5.78 Å². The number of ether oxygens (including phenoxy) is 2. The average Bonchev–Trinajstić information content (AvgIpc) is 2.21. The first-order valence-electron chi connectivity index (χ1n) is 4.45. The zero-order chi connectivity index (χ0) is 11.6. The monoisotopic (exact) mass is 272 g/mol. The molecule has 0 unspecified atom stereocenters. The maximum Gasteiger partial charge on any atom is 0.163 e. The molecule has 0 aliphatic rings. The van der Waals surface area contributed by atoms with E-state index in [9.17, 15) is 4.79 Å². The van der Waals surface area contributed by atoms with Crippen molar-refractivity contribution in [1.82, 2.24) is 0 Å². The topological polar surface area (TPSA) is 35.5 Å². The van der Waals surface area contributed by atoms with Crippen LogP contribution in [0.1, 0.15) is 22.8 Å². The molecule has 0 spiro atoms. The predicted octanol–water partition coefficient (Wildman–Crippen LogP) is 2.98. The van der Waals surface area contributed by atoms with Gasteiger partial charge >= 0.3 is 0 Å². The molecule has 0 bridgehead atoms. The quantitative estimate of drug-likeness (QED) is 0.794. The minimum absolute atomic E-state index is 0.0501. The van der Waals surface area contributed by atoms with E-state index in [1.54, 1.807) is 20.3 Å². The van der Waals surface area contributed by atoms with Gasteiger partial charge in [-0.2, -0.15) is 0 Å². The van der Waals surface area contributed by atoms with Gasteiger partial charge in [0.15, 0.2) is 5.78 Å². The van der Waals surface area contributed by atoms with E-state index in [0.717, 1.165) is 10.0 Å². The van der Waals surface area contributed by atoms with E-state index in [2.05, 4.69) is 15.9 Å². The van der Waals surface area contributed by atoms with Crippen LogP contribution in [0, 0.1) is 6.92 Å². The number of ketones is 1. The second-order valence-corrected chi connectivity index (χ2v) is 3.95. The largest absolute Gasteiger partial charge is 0.496 e. The Hall–Kier alpha value is -1.03. The molecule has 1 rings (SSSR count). The fourth-order valence-corrected chi connectivity index (χ4v) is 1.95. The van der Waals surface area contributed by atoms with Gasteiger partial charge in [0.05, 0.1) is 24.3 Å². The molecule has 0 amide bonds. The Balaban J connectivity index is 3.51. The molecule has 0 aromatic heterocycles. The van der Waals surface area contributed by atoms with Crippen LogP contribution in [0.4, 0.5) is 0 Å². The van der Waals surface area contributed by atoms with Crippen LogP contribution in [0.15, 0.2) is 10.5 Å². The Kier molecular flexibility index (Phi) is 3.74. The molecule has 0 aliphatic heterocycles. The van der Waals surface area contributed by atoms with E-state index in [1.165, 1.54) is 6.92 Å². The summed E-state index contributed by atoms with van der Waals surface area (Å²) in [5, 5.41) is 0. The fraction of sp³-hybridized carbons (Fsp3) is 0.364. The molecule has 4 heteroatoms. The van der Waals surface area contributed by atoms with Crippen molar-refractivity contribution in [2.45, 2.75) is 13.8 Å². The van der Waals surface area contributed by atoms with Crippen molar-refractivity contribution in [1.29, 1.82) is 0 Å². The number of rotatable bonds is 3. The molecule has 0 aliphatic carbocycles. The third kappa shape index (κ3) is 2.15. The van der Waals surface area contributed by atoms with Gasteiger partial charge in [0, 0.05) is 5.56 Å². The summed E-state index contributed by atoms with van der Waals surface area (Å²) in [6, 6.07) is 1.70. The van der Waals surface area contributed by atoms with Crippen molar-refractivity contribution in [3.05, 3.63) is 21.7 Å². The van der Waals surface area contributed by atoms with E-state index >= 15 is 0 Å². The van der Waals surface area contributed by atoms with Crippen LogP contribution in [0.2, 0.25) is 0 Å². The van der Waals surface area contributed by atoms with Gasteiger partial charge in [-0.05, 0) is 35.8 Å². The number of hydrogen-bond acceptors (Lipinski definition) is 3. The van der Waals surface area contributed by atoms with Gasteiger partial charge in [0.1, 0.15) is 11.5 Å². The number of carbonyl (C=O) groups excluding carboxylic acids is 1. The van der Waals surface area contributed by atoms with Gasteiger partial charge in [-0.15, -0.1) is 0 Å². The van der Waals surface area contributed by atoms with Crippen molar-refractivity contribution < 1.29 is 14.3 Å². The third-order valence-corrected chi connectivity index (χ3v) is 3.18. The van der Waals surface area contributed by atoms with Crippen LogP contribution in [0.5, 0.6) is 11.5 Å². The standard InChI is InChI=1S/C11H13BrO3/c1-6-9(14-3)5-8(7(2)13)11(15-4)10(6)12/h5H,1-4H3. The molecule has 0 fully saturated rings. The van der Waals surface area contributed by atoms with Crippen molar-refractivity contribution in [2.24, 2.45) is 0 Å². The van der Waals surface area contributed by atoms with E-state index in [0.29, 0.717) is 17.1 Å². The van der Waals surface area contributed by atoms with Gasteiger partial charge in [-0.25, -0.2) is 0 Å². The van der Waals surface area contributed by atoms with Gasteiger partial charge < -0.3 is 9.47 Å². The number of methoxy groups -OCH3 is 2. The van der Waals surface area contributed by atoms with Gasteiger partial charge in [0.2, 0.25) is 0 Å². The lowest BCUT2D eigenvalue weighted by atomic mass is 10.1. The number of benzene rings is 1. The summed E-state index contributed by atoms with van der Waals surface area (Å²) >= 11 is 3.39. The predicted molar refractivity (Wildman–Crippen MR) is 62.0 cm³/mol. The number of Topliss-reactive ketones (excluding diaryl/α,β-unsaturated/α-hetero) is 1. The molecule has 1 aromatic carbocycles. The zero-order valence-electron chi connectivity index (χ0n) is 9.18. The summed E-state index contributed by atoms with van der Waals surface area (Å²) in [6.07, 6.45) is 0. The summed E-state index contributed by atoms with van der Waals surface area (Å²) < 4.78 is 11.1. The molecular formula is C11H13BrO3. The zero-order valence-corrected chi connectivity index (χ0v) is 10.8. The maximum absolute atomic E-state index is 11.4. The highest BCUT2D eigenvalue weighted by atomic mass is 79.9. The normalized spacial score (nSPS) is 9.93. The highest BCUT2D eigenvalue weighted by Crippen LogP contribution is 2.37. The highest BCUT2D eigenvalue weighted by Gasteiger charge is 2.17. The minimum Gasteiger partial charge on any atom is -0.496 e. The smallest absolute Gasteiger partial charge is 0.163 e. The van der Waals surface area contributed by atoms with Crippen LogP contribution >= 0.6 is 15.9 Å². The Morgan fingerprint density at radius 2 is 1.93 bits per heavy atom. The van der Waals surface area contributed by atoms with E-state index < -0.39 is 0 Å². The van der Waals surface area contributed by atoms with Crippen LogP contribution in [-0.4, -0.2) is 20.0 Å². The number of halogens is 1. The van der Waals surface area contributed by atoms with Crippen LogP contribution in [0.25, 0.3) is 0 Å². The lowest BCUT2D eigenvalue weighted by molar-refractivity contribution is 0.101. The maximum atomic E-state index is 11.4. The second-order valence-electron chi connectivity index (χ2n) is 3.15. The van der Waals surface area contributed by atoms with Crippen molar-refractivity contribution in [2.75, 3.05) is 14.2 Å². The van der Waals surface area contributed by atoms with E-state index in [4.69, 9.17) is 9.47 Å². The molecule has 15 heavy (non-hydrogen) atoms. The Bertz CT molecular complexity index is 399. The van der Waals surface area contributed by atoms with Crippen LogP contribution in [0.3, 0.4) is 0 Å². The molecule has 1 aromatic rings.